The van der Waals surface area contributed by atoms with Crippen LogP contribution in [0.25, 0.3) is 0 Å². The number of rotatable bonds is 3. The van der Waals surface area contributed by atoms with Crippen molar-refractivity contribution in [2.45, 2.75) is 38.5 Å². The van der Waals surface area contributed by atoms with Crippen molar-refractivity contribution in [3.05, 3.63) is 12.2 Å². The van der Waals surface area contributed by atoms with Crippen LogP contribution in [0.15, 0.2) is 12.2 Å². The number of ether oxygens (including phenoxy) is 1. The van der Waals surface area contributed by atoms with Crippen LogP contribution in [0.2, 0.25) is 0 Å². The summed E-state index contributed by atoms with van der Waals surface area (Å²) in [5.41, 5.74) is 0. The second-order valence-corrected chi connectivity index (χ2v) is 4.46. The standard InChI is InChI=1S/C12H20O/c1-2-4-11(5-3-1)6-7-12-8-9-13-10-12/h1-2,11-12H,3-10H2/t11-,12?/m1/s1. The van der Waals surface area contributed by atoms with Crippen molar-refractivity contribution >= 4 is 0 Å². The minimum absolute atomic E-state index is 0.880. The van der Waals surface area contributed by atoms with Gasteiger partial charge < -0.3 is 4.74 Å². The van der Waals surface area contributed by atoms with Crippen molar-refractivity contribution in [3.63, 3.8) is 0 Å². The maximum atomic E-state index is 5.38. The van der Waals surface area contributed by atoms with Crippen LogP contribution in [-0.2, 0) is 4.74 Å². The van der Waals surface area contributed by atoms with Gasteiger partial charge in [-0.25, -0.2) is 0 Å². The fraction of sp³-hybridized carbons (Fsp3) is 0.833. The van der Waals surface area contributed by atoms with Crippen LogP contribution >= 0.6 is 0 Å². The highest BCUT2D eigenvalue weighted by molar-refractivity contribution is 4.90. The molecule has 0 radical (unpaired) electrons. The molecule has 1 heteroatoms. The lowest BCUT2D eigenvalue weighted by Gasteiger charge is -2.18. The minimum atomic E-state index is 0.880. The third-order valence-corrected chi connectivity index (χ3v) is 3.38. The molecule has 74 valence electrons. The molecule has 2 aliphatic rings. The first-order chi connectivity index (χ1) is 6.45. The van der Waals surface area contributed by atoms with E-state index in [-0.39, 0.29) is 0 Å². The Morgan fingerprint density at radius 3 is 2.69 bits per heavy atom. The Hall–Kier alpha value is -0.300. The van der Waals surface area contributed by atoms with Crippen LogP contribution in [0.4, 0.5) is 0 Å². The second-order valence-electron chi connectivity index (χ2n) is 4.46. The third-order valence-electron chi connectivity index (χ3n) is 3.38. The maximum absolute atomic E-state index is 5.38. The highest BCUT2D eigenvalue weighted by atomic mass is 16.5. The summed E-state index contributed by atoms with van der Waals surface area (Å²) in [6, 6.07) is 0. The highest BCUT2D eigenvalue weighted by Crippen LogP contribution is 2.27. The Balaban J connectivity index is 1.63. The fourth-order valence-corrected chi connectivity index (χ4v) is 2.40. The zero-order valence-corrected chi connectivity index (χ0v) is 8.37. The first-order valence-corrected chi connectivity index (χ1v) is 5.68. The Labute approximate surface area is 81.2 Å². The van der Waals surface area contributed by atoms with Gasteiger partial charge in [0, 0.05) is 13.2 Å². The van der Waals surface area contributed by atoms with E-state index in [4.69, 9.17) is 4.74 Å². The van der Waals surface area contributed by atoms with E-state index < -0.39 is 0 Å². The van der Waals surface area contributed by atoms with Crippen molar-refractivity contribution in [3.8, 4) is 0 Å². The summed E-state index contributed by atoms with van der Waals surface area (Å²) in [5, 5.41) is 0. The lowest BCUT2D eigenvalue weighted by molar-refractivity contribution is 0.182. The first-order valence-electron chi connectivity index (χ1n) is 5.68. The molecule has 0 aromatic rings. The van der Waals surface area contributed by atoms with E-state index in [1.807, 2.05) is 0 Å². The molecule has 0 amide bonds. The lowest BCUT2D eigenvalue weighted by Crippen LogP contribution is -2.07. The van der Waals surface area contributed by atoms with Crippen molar-refractivity contribution in [1.29, 1.82) is 0 Å². The zero-order valence-electron chi connectivity index (χ0n) is 8.37. The summed E-state index contributed by atoms with van der Waals surface area (Å²) in [5.74, 6) is 1.86. The van der Waals surface area contributed by atoms with E-state index in [0.717, 1.165) is 25.0 Å². The van der Waals surface area contributed by atoms with Gasteiger partial charge in [0.05, 0.1) is 0 Å². The minimum Gasteiger partial charge on any atom is -0.381 e. The van der Waals surface area contributed by atoms with Crippen molar-refractivity contribution < 1.29 is 4.74 Å². The summed E-state index contributed by atoms with van der Waals surface area (Å²) in [4.78, 5) is 0. The molecule has 1 heterocycles. The first kappa shape index (κ1) is 9.26. The maximum Gasteiger partial charge on any atom is 0.0495 e. The van der Waals surface area contributed by atoms with Crippen molar-refractivity contribution in [2.75, 3.05) is 13.2 Å². The molecule has 1 saturated heterocycles. The smallest absolute Gasteiger partial charge is 0.0495 e. The zero-order chi connectivity index (χ0) is 8.93. The van der Waals surface area contributed by atoms with Gasteiger partial charge in [-0.1, -0.05) is 12.2 Å². The lowest BCUT2D eigenvalue weighted by atomic mass is 9.87. The van der Waals surface area contributed by atoms with Crippen LogP contribution in [-0.4, -0.2) is 13.2 Å². The third kappa shape index (κ3) is 2.84. The quantitative estimate of drug-likeness (QED) is 0.606. The van der Waals surface area contributed by atoms with E-state index in [1.54, 1.807) is 0 Å². The van der Waals surface area contributed by atoms with Gasteiger partial charge in [0.2, 0.25) is 0 Å². The summed E-state index contributed by atoms with van der Waals surface area (Å²) >= 11 is 0. The summed E-state index contributed by atoms with van der Waals surface area (Å²) in [6.07, 6.45) is 12.9. The summed E-state index contributed by atoms with van der Waals surface area (Å²) in [7, 11) is 0. The van der Waals surface area contributed by atoms with Gasteiger partial charge >= 0.3 is 0 Å². The van der Waals surface area contributed by atoms with E-state index in [2.05, 4.69) is 12.2 Å². The molecule has 1 fully saturated rings. The molecule has 0 bridgehead atoms. The largest absolute Gasteiger partial charge is 0.381 e. The highest BCUT2D eigenvalue weighted by Gasteiger charge is 2.17. The molecule has 0 spiro atoms. The van der Waals surface area contributed by atoms with Gasteiger partial charge in [-0.2, -0.15) is 0 Å². The number of allylic oxidation sites excluding steroid dienone is 2. The molecular weight excluding hydrogens is 160 g/mol. The predicted octanol–water partition coefficient (Wildman–Crippen LogP) is 3.16. The van der Waals surface area contributed by atoms with Crippen molar-refractivity contribution in [2.24, 2.45) is 11.8 Å². The normalized spacial score (nSPS) is 33.8. The van der Waals surface area contributed by atoms with Crippen LogP contribution in [0.1, 0.15) is 38.5 Å². The van der Waals surface area contributed by atoms with Crippen LogP contribution in [0, 0.1) is 11.8 Å². The average Bonchev–Trinajstić information content (AvgIpc) is 2.69. The van der Waals surface area contributed by atoms with E-state index in [9.17, 15) is 0 Å². The van der Waals surface area contributed by atoms with Crippen LogP contribution in [0.5, 0.6) is 0 Å². The summed E-state index contributed by atoms with van der Waals surface area (Å²) < 4.78 is 5.38. The van der Waals surface area contributed by atoms with Gasteiger partial charge in [0.15, 0.2) is 0 Å². The molecule has 2 atom stereocenters. The van der Waals surface area contributed by atoms with Gasteiger partial charge in [0.1, 0.15) is 0 Å². The molecular formula is C12H20O. The predicted molar refractivity (Wildman–Crippen MR) is 54.6 cm³/mol. The molecule has 0 saturated carbocycles. The monoisotopic (exact) mass is 180 g/mol. The fourth-order valence-electron chi connectivity index (χ4n) is 2.40. The van der Waals surface area contributed by atoms with Crippen LogP contribution in [0.3, 0.4) is 0 Å². The average molecular weight is 180 g/mol. The Kier molecular flexibility index (Phi) is 3.42. The molecule has 1 aliphatic heterocycles. The molecule has 0 aromatic carbocycles. The topological polar surface area (TPSA) is 9.23 Å². The number of hydrogen-bond donors (Lipinski definition) is 0. The Bertz CT molecular complexity index is 168. The number of hydrogen-bond acceptors (Lipinski definition) is 1. The molecule has 13 heavy (non-hydrogen) atoms. The molecule has 1 unspecified atom stereocenters. The summed E-state index contributed by atoms with van der Waals surface area (Å²) in [6.45, 7) is 2.04. The van der Waals surface area contributed by atoms with E-state index in [1.165, 1.54) is 38.5 Å². The molecule has 2 rings (SSSR count). The van der Waals surface area contributed by atoms with Gasteiger partial charge in [0.25, 0.3) is 0 Å². The van der Waals surface area contributed by atoms with Gasteiger partial charge in [-0.3, -0.25) is 0 Å². The second kappa shape index (κ2) is 4.80. The van der Waals surface area contributed by atoms with Crippen molar-refractivity contribution in [1.82, 2.24) is 0 Å². The van der Waals surface area contributed by atoms with Gasteiger partial charge in [-0.15, -0.1) is 0 Å². The Morgan fingerprint density at radius 2 is 2.00 bits per heavy atom. The molecule has 0 aromatic heterocycles. The molecule has 1 nitrogen and oxygen atoms in total. The molecule has 1 aliphatic carbocycles. The Morgan fingerprint density at radius 1 is 1.08 bits per heavy atom. The molecule has 0 N–H and O–H groups in total. The van der Waals surface area contributed by atoms with Gasteiger partial charge in [-0.05, 0) is 50.4 Å². The van der Waals surface area contributed by atoms with E-state index in [0.29, 0.717) is 0 Å². The van der Waals surface area contributed by atoms with E-state index >= 15 is 0 Å². The van der Waals surface area contributed by atoms with Crippen LogP contribution < -0.4 is 0 Å². The SMILES string of the molecule is C1=CC[C@@H](CCC2CCOC2)CC1.